The molecule has 0 bridgehead atoms. The second kappa shape index (κ2) is 9.08. The number of nitrogens with zero attached hydrogens (tertiary/aromatic N) is 1. The molecule has 2 aliphatic rings. The van der Waals surface area contributed by atoms with Gasteiger partial charge in [-0.1, -0.05) is 31.9 Å². The number of benzene rings is 1. The van der Waals surface area contributed by atoms with Gasteiger partial charge in [0.2, 0.25) is 5.91 Å². The fourth-order valence-corrected chi connectivity index (χ4v) is 3.74. The van der Waals surface area contributed by atoms with E-state index in [1.807, 2.05) is 6.07 Å². The van der Waals surface area contributed by atoms with Crippen LogP contribution in [0.5, 0.6) is 5.75 Å². The van der Waals surface area contributed by atoms with Crippen LogP contribution in [-0.4, -0.2) is 43.1 Å². The van der Waals surface area contributed by atoms with E-state index in [0.29, 0.717) is 17.4 Å². The van der Waals surface area contributed by atoms with Crippen molar-refractivity contribution in [3.05, 3.63) is 24.3 Å². The molecule has 1 heterocycles. The number of para-hydroxylation sites is 2. The van der Waals surface area contributed by atoms with Crippen LogP contribution in [0.25, 0.3) is 0 Å². The average Bonchev–Trinajstić information content (AvgIpc) is 2.82. The maximum Gasteiger partial charge on any atom is 0.326 e. The van der Waals surface area contributed by atoms with Crippen molar-refractivity contribution < 1.29 is 23.9 Å². The molecule has 7 nitrogen and oxygen atoms in total. The quantitative estimate of drug-likeness (QED) is 0.783. The number of nitrogens with one attached hydrogen (secondary N) is 1. The lowest BCUT2D eigenvalue weighted by molar-refractivity contribution is -0.154. The van der Waals surface area contributed by atoms with Gasteiger partial charge in [0, 0.05) is 6.04 Å². The minimum atomic E-state index is -0.907. The number of hydrogen-bond acceptors (Lipinski definition) is 5. The van der Waals surface area contributed by atoms with Crippen molar-refractivity contribution in [2.24, 2.45) is 5.92 Å². The highest BCUT2D eigenvalue weighted by atomic mass is 16.5. The highest BCUT2D eigenvalue weighted by molar-refractivity contribution is 5.99. The Bertz CT molecular complexity index is 735. The van der Waals surface area contributed by atoms with Crippen LogP contribution in [0, 0.1) is 5.92 Å². The Hall–Kier alpha value is -2.57. The van der Waals surface area contributed by atoms with Crippen molar-refractivity contribution in [2.75, 3.05) is 18.1 Å². The third-order valence-corrected chi connectivity index (χ3v) is 5.43. The Balaban J connectivity index is 1.58. The molecule has 7 heteroatoms. The summed E-state index contributed by atoms with van der Waals surface area (Å²) >= 11 is 0. The molecule has 1 aliphatic carbocycles. The van der Waals surface area contributed by atoms with E-state index >= 15 is 0 Å². The second-order valence-electron chi connectivity index (χ2n) is 7.55. The van der Waals surface area contributed by atoms with Crippen LogP contribution in [0.3, 0.4) is 0 Å². The molecule has 1 aliphatic heterocycles. The zero-order valence-corrected chi connectivity index (χ0v) is 16.5. The molecule has 3 atom stereocenters. The van der Waals surface area contributed by atoms with E-state index in [-0.39, 0.29) is 37.4 Å². The van der Waals surface area contributed by atoms with Gasteiger partial charge in [-0.05, 0) is 37.8 Å². The Morgan fingerprint density at radius 3 is 2.82 bits per heavy atom. The number of anilines is 1. The summed E-state index contributed by atoms with van der Waals surface area (Å²) in [5.41, 5.74) is 0.537. The Morgan fingerprint density at radius 2 is 2.04 bits per heavy atom. The molecular formula is C21H28N2O5. The third kappa shape index (κ3) is 4.82. The molecule has 2 amide bonds. The third-order valence-electron chi connectivity index (χ3n) is 5.43. The number of hydrogen-bond donors (Lipinski definition) is 1. The summed E-state index contributed by atoms with van der Waals surface area (Å²) in [5, 5.41) is 3.00. The maximum absolute atomic E-state index is 12.4. The Labute approximate surface area is 165 Å². The monoisotopic (exact) mass is 388 g/mol. The summed E-state index contributed by atoms with van der Waals surface area (Å²) in [5.74, 6) is -0.150. The normalized spacial score (nSPS) is 23.1. The molecule has 1 aromatic rings. The van der Waals surface area contributed by atoms with Crippen LogP contribution in [-0.2, 0) is 19.1 Å². The fraction of sp³-hybridized carbons (Fsp3) is 0.571. The van der Waals surface area contributed by atoms with E-state index in [2.05, 4.69) is 12.2 Å². The largest absolute Gasteiger partial charge is 0.491 e. The molecule has 0 aromatic heterocycles. The number of ether oxygens (including phenoxy) is 2. The lowest BCUT2D eigenvalue weighted by Gasteiger charge is -2.30. The first-order chi connectivity index (χ1) is 13.5. The van der Waals surface area contributed by atoms with Crippen LogP contribution in [0.4, 0.5) is 5.69 Å². The lowest BCUT2D eigenvalue weighted by atomic mass is 9.86. The van der Waals surface area contributed by atoms with Crippen LogP contribution in [0.1, 0.15) is 46.0 Å². The van der Waals surface area contributed by atoms with Crippen molar-refractivity contribution in [3.63, 3.8) is 0 Å². The van der Waals surface area contributed by atoms with Crippen molar-refractivity contribution >= 4 is 23.5 Å². The van der Waals surface area contributed by atoms with Crippen molar-refractivity contribution in [1.82, 2.24) is 5.32 Å². The Kier molecular flexibility index (Phi) is 6.54. The van der Waals surface area contributed by atoms with E-state index < -0.39 is 12.1 Å². The van der Waals surface area contributed by atoms with Crippen LogP contribution in [0.2, 0.25) is 0 Å². The number of carbonyl (C=O) groups excluding carboxylic acids is 3. The van der Waals surface area contributed by atoms with Crippen LogP contribution >= 0.6 is 0 Å². The fourth-order valence-electron chi connectivity index (χ4n) is 3.74. The number of amides is 2. The molecule has 0 radical (unpaired) electrons. The van der Waals surface area contributed by atoms with Gasteiger partial charge >= 0.3 is 5.97 Å². The summed E-state index contributed by atoms with van der Waals surface area (Å²) in [6.07, 6.45) is 3.60. The van der Waals surface area contributed by atoms with Crippen LogP contribution in [0.15, 0.2) is 24.3 Å². The first-order valence-corrected chi connectivity index (χ1v) is 9.97. The molecule has 1 fully saturated rings. The molecule has 28 heavy (non-hydrogen) atoms. The smallest absolute Gasteiger partial charge is 0.326 e. The predicted molar refractivity (Wildman–Crippen MR) is 104 cm³/mol. The Morgan fingerprint density at radius 1 is 1.29 bits per heavy atom. The van der Waals surface area contributed by atoms with Crippen LogP contribution < -0.4 is 15.0 Å². The zero-order chi connectivity index (χ0) is 20.1. The summed E-state index contributed by atoms with van der Waals surface area (Å²) < 4.78 is 10.9. The molecule has 1 N–H and O–H groups in total. The lowest BCUT2D eigenvalue weighted by Crippen LogP contribution is -2.46. The molecule has 1 aromatic carbocycles. The topological polar surface area (TPSA) is 84.9 Å². The van der Waals surface area contributed by atoms with Crippen molar-refractivity contribution in [2.45, 2.75) is 58.1 Å². The number of esters is 1. The standard InChI is InChI=1S/C21H28N2O5/c1-14-7-3-4-8-16(14)22-21(26)15(2)28-20(25)13-23-17-9-5-6-10-18(17)27-12-11-19(23)24/h5-6,9-10,14-16H,3-4,7-8,11-13H2,1-2H3,(H,22,26)/t14-,15-,16-/m1/s1. The van der Waals surface area contributed by atoms with Gasteiger partial charge in [0.15, 0.2) is 6.10 Å². The zero-order valence-electron chi connectivity index (χ0n) is 16.5. The summed E-state index contributed by atoms with van der Waals surface area (Å²) in [6, 6.07) is 7.20. The van der Waals surface area contributed by atoms with Crippen molar-refractivity contribution in [3.8, 4) is 5.75 Å². The van der Waals surface area contributed by atoms with Gasteiger partial charge in [-0.2, -0.15) is 0 Å². The molecule has 0 unspecified atom stereocenters. The summed E-state index contributed by atoms with van der Waals surface area (Å²) in [7, 11) is 0. The summed E-state index contributed by atoms with van der Waals surface area (Å²) in [6.45, 7) is 3.70. The number of carbonyl (C=O) groups is 3. The van der Waals surface area contributed by atoms with Gasteiger partial charge < -0.3 is 14.8 Å². The first kappa shape index (κ1) is 20.2. The van der Waals surface area contributed by atoms with E-state index in [4.69, 9.17) is 9.47 Å². The summed E-state index contributed by atoms with van der Waals surface area (Å²) in [4.78, 5) is 38.6. The van der Waals surface area contributed by atoms with E-state index in [9.17, 15) is 14.4 Å². The van der Waals surface area contributed by atoms with Gasteiger partial charge in [0.25, 0.3) is 5.91 Å². The maximum atomic E-state index is 12.4. The van der Waals surface area contributed by atoms with Gasteiger partial charge in [-0.3, -0.25) is 19.3 Å². The minimum Gasteiger partial charge on any atom is -0.491 e. The molecular weight excluding hydrogens is 360 g/mol. The molecule has 0 spiro atoms. The first-order valence-electron chi connectivity index (χ1n) is 9.97. The molecule has 152 valence electrons. The molecule has 3 rings (SSSR count). The van der Waals surface area contributed by atoms with E-state index in [1.54, 1.807) is 25.1 Å². The average molecular weight is 388 g/mol. The highest BCUT2D eigenvalue weighted by Crippen LogP contribution is 2.30. The molecule has 1 saturated carbocycles. The molecule has 0 saturated heterocycles. The number of fused-ring (bicyclic) bond motifs is 1. The van der Waals surface area contributed by atoms with Gasteiger partial charge in [-0.25, -0.2) is 0 Å². The highest BCUT2D eigenvalue weighted by Gasteiger charge is 2.29. The van der Waals surface area contributed by atoms with Crippen molar-refractivity contribution in [1.29, 1.82) is 0 Å². The predicted octanol–water partition coefficient (Wildman–Crippen LogP) is 2.43. The number of rotatable bonds is 5. The minimum absolute atomic E-state index is 0.124. The van der Waals surface area contributed by atoms with Gasteiger partial charge in [0.1, 0.15) is 12.3 Å². The second-order valence-corrected chi connectivity index (χ2v) is 7.55. The van der Waals surface area contributed by atoms with E-state index in [0.717, 1.165) is 19.3 Å². The van der Waals surface area contributed by atoms with Gasteiger partial charge in [-0.15, -0.1) is 0 Å². The van der Waals surface area contributed by atoms with E-state index in [1.165, 1.54) is 11.3 Å². The SMILES string of the molecule is C[C@@H]1CCCC[C@H]1NC(=O)[C@@H](C)OC(=O)CN1C(=O)CCOc2ccccc21. The van der Waals surface area contributed by atoms with Gasteiger partial charge in [0.05, 0.1) is 18.7 Å².